The summed E-state index contributed by atoms with van der Waals surface area (Å²) in [5.74, 6) is 1.32. The first-order valence-electron chi connectivity index (χ1n) is 7.66. The van der Waals surface area contributed by atoms with Gasteiger partial charge in [0.15, 0.2) is 0 Å². The minimum absolute atomic E-state index is 0.179. The zero-order valence-electron chi connectivity index (χ0n) is 11.9. The fourth-order valence-corrected chi connectivity index (χ4v) is 5.24. The summed E-state index contributed by atoms with van der Waals surface area (Å²) in [5, 5.41) is 10.1. The van der Waals surface area contributed by atoms with E-state index >= 15 is 0 Å². The van der Waals surface area contributed by atoms with Crippen molar-refractivity contribution in [2.75, 3.05) is 5.75 Å². The predicted molar refractivity (Wildman–Crippen MR) is 80.4 cm³/mol. The molecule has 0 aromatic heterocycles. The molecule has 0 amide bonds. The summed E-state index contributed by atoms with van der Waals surface area (Å²) in [6.45, 7) is 2.35. The van der Waals surface area contributed by atoms with Crippen molar-refractivity contribution in [1.82, 2.24) is 0 Å². The van der Waals surface area contributed by atoms with Crippen LogP contribution < -0.4 is 5.73 Å². The molecule has 2 rings (SSSR count). The number of thioether (sulfide) groups is 1. The molecule has 3 N–H and O–H groups in total. The van der Waals surface area contributed by atoms with Crippen LogP contribution in [-0.4, -0.2) is 27.6 Å². The van der Waals surface area contributed by atoms with Gasteiger partial charge < -0.3 is 10.8 Å². The molecule has 3 nitrogen and oxygen atoms in total. The lowest BCUT2D eigenvalue weighted by Crippen LogP contribution is -2.51. The molecule has 2 fully saturated rings. The molecule has 2 aliphatic rings. The summed E-state index contributed by atoms with van der Waals surface area (Å²) < 4.78 is 0. The molecule has 0 aliphatic heterocycles. The monoisotopic (exact) mass is 285 g/mol. The molecule has 4 atom stereocenters. The van der Waals surface area contributed by atoms with E-state index in [2.05, 4.69) is 18.7 Å². The largest absolute Gasteiger partial charge is 0.480 e. The van der Waals surface area contributed by atoms with Crippen molar-refractivity contribution in [3.63, 3.8) is 0 Å². The fraction of sp³-hybridized carbons (Fsp3) is 0.933. The molecule has 4 heteroatoms. The summed E-state index contributed by atoms with van der Waals surface area (Å²) >= 11 is 2.05. The van der Waals surface area contributed by atoms with Crippen LogP contribution in [0.1, 0.15) is 58.3 Å². The van der Waals surface area contributed by atoms with Crippen molar-refractivity contribution in [2.24, 2.45) is 17.6 Å². The van der Waals surface area contributed by atoms with Crippen molar-refractivity contribution in [1.29, 1.82) is 0 Å². The van der Waals surface area contributed by atoms with Crippen molar-refractivity contribution in [3.8, 4) is 0 Å². The average Bonchev–Trinajstić information content (AvgIpc) is 2.73. The Balaban J connectivity index is 1.74. The third kappa shape index (κ3) is 3.66. The van der Waals surface area contributed by atoms with Crippen molar-refractivity contribution >= 4 is 17.7 Å². The van der Waals surface area contributed by atoms with E-state index in [0.717, 1.165) is 36.2 Å². The highest BCUT2D eigenvalue weighted by atomic mass is 32.2. The molecule has 19 heavy (non-hydrogen) atoms. The summed E-state index contributed by atoms with van der Waals surface area (Å²) in [4.78, 5) is 11.3. The Morgan fingerprint density at radius 2 is 2.16 bits per heavy atom. The van der Waals surface area contributed by atoms with Crippen LogP contribution in [0.5, 0.6) is 0 Å². The number of carboxylic acids is 1. The van der Waals surface area contributed by atoms with Gasteiger partial charge in [0.25, 0.3) is 0 Å². The second kappa shape index (κ2) is 6.49. The summed E-state index contributed by atoms with van der Waals surface area (Å²) in [5.41, 5.74) is 5.13. The number of rotatable bonds is 5. The standard InChI is InChI=1S/C15H27NO2S/c1-11-4-2-6-13(10-11)19-9-7-12-5-3-8-15(12,16)14(17)18/h11-13H,2-10,16H2,1H3,(H,17,18). The van der Waals surface area contributed by atoms with Crippen molar-refractivity contribution in [3.05, 3.63) is 0 Å². The number of nitrogens with two attached hydrogens (primary N) is 1. The molecule has 2 aliphatic carbocycles. The number of hydrogen-bond acceptors (Lipinski definition) is 3. The number of aliphatic carboxylic acids is 1. The molecular weight excluding hydrogens is 258 g/mol. The summed E-state index contributed by atoms with van der Waals surface area (Å²) in [6.07, 6.45) is 9.00. The SMILES string of the molecule is CC1CCCC(SCCC2CCCC2(N)C(=O)O)C1. The minimum atomic E-state index is -0.944. The van der Waals surface area contributed by atoms with Gasteiger partial charge >= 0.3 is 5.97 Å². The van der Waals surface area contributed by atoms with Gasteiger partial charge in [-0.25, -0.2) is 0 Å². The molecule has 0 radical (unpaired) electrons. The lowest BCUT2D eigenvalue weighted by Gasteiger charge is -2.29. The Morgan fingerprint density at radius 1 is 1.37 bits per heavy atom. The van der Waals surface area contributed by atoms with Gasteiger partial charge in [0, 0.05) is 5.25 Å². The van der Waals surface area contributed by atoms with Crippen LogP contribution in [0.4, 0.5) is 0 Å². The number of hydrogen-bond donors (Lipinski definition) is 2. The van der Waals surface area contributed by atoms with Gasteiger partial charge in [0.1, 0.15) is 5.54 Å². The number of carboxylic acid groups (broad SMARTS) is 1. The highest BCUT2D eigenvalue weighted by Crippen LogP contribution is 2.38. The Morgan fingerprint density at radius 3 is 2.84 bits per heavy atom. The van der Waals surface area contributed by atoms with Gasteiger partial charge in [-0.1, -0.05) is 26.2 Å². The highest BCUT2D eigenvalue weighted by molar-refractivity contribution is 7.99. The van der Waals surface area contributed by atoms with E-state index in [-0.39, 0.29) is 5.92 Å². The average molecular weight is 285 g/mol. The third-order valence-electron chi connectivity index (χ3n) is 4.98. The van der Waals surface area contributed by atoms with E-state index in [0.29, 0.717) is 6.42 Å². The zero-order chi connectivity index (χ0) is 13.9. The van der Waals surface area contributed by atoms with Gasteiger partial charge in [0.05, 0.1) is 0 Å². The van der Waals surface area contributed by atoms with Gasteiger partial charge in [-0.2, -0.15) is 11.8 Å². The molecule has 2 saturated carbocycles. The molecule has 0 aromatic rings. The van der Waals surface area contributed by atoms with Crippen LogP contribution in [0.15, 0.2) is 0 Å². The maximum atomic E-state index is 11.3. The Kier molecular flexibility index (Phi) is 5.18. The van der Waals surface area contributed by atoms with E-state index in [1.165, 1.54) is 25.7 Å². The first-order valence-corrected chi connectivity index (χ1v) is 8.71. The first kappa shape index (κ1) is 15.2. The second-order valence-corrected chi connectivity index (χ2v) is 7.90. The molecule has 0 spiro atoms. The second-order valence-electron chi connectivity index (χ2n) is 6.49. The molecule has 0 saturated heterocycles. The van der Waals surface area contributed by atoms with Crippen molar-refractivity contribution in [2.45, 2.75) is 69.1 Å². The van der Waals surface area contributed by atoms with Gasteiger partial charge in [-0.15, -0.1) is 0 Å². The zero-order valence-corrected chi connectivity index (χ0v) is 12.8. The molecule has 0 aromatic carbocycles. The maximum absolute atomic E-state index is 11.3. The molecular formula is C15H27NO2S. The lowest BCUT2D eigenvalue weighted by molar-refractivity contribution is -0.144. The van der Waals surface area contributed by atoms with Crippen LogP contribution in [0.3, 0.4) is 0 Å². The van der Waals surface area contributed by atoms with Crippen LogP contribution in [0.2, 0.25) is 0 Å². The van der Waals surface area contributed by atoms with E-state index in [1.54, 1.807) is 0 Å². The number of carbonyl (C=O) groups is 1. The van der Waals surface area contributed by atoms with Crippen LogP contribution in [-0.2, 0) is 4.79 Å². The topological polar surface area (TPSA) is 63.3 Å². The van der Waals surface area contributed by atoms with Crippen LogP contribution in [0.25, 0.3) is 0 Å². The molecule has 0 bridgehead atoms. The Hall–Kier alpha value is -0.220. The van der Waals surface area contributed by atoms with Crippen molar-refractivity contribution < 1.29 is 9.90 Å². The maximum Gasteiger partial charge on any atom is 0.323 e. The molecule has 4 unspecified atom stereocenters. The highest BCUT2D eigenvalue weighted by Gasteiger charge is 2.45. The molecule has 0 heterocycles. The summed E-state index contributed by atoms with van der Waals surface area (Å²) in [6, 6.07) is 0. The van der Waals surface area contributed by atoms with Gasteiger partial charge in [-0.3, -0.25) is 4.79 Å². The first-order chi connectivity index (χ1) is 9.02. The van der Waals surface area contributed by atoms with E-state index < -0.39 is 11.5 Å². The third-order valence-corrected chi connectivity index (χ3v) is 6.35. The van der Waals surface area contributed by atoms with Crippen LogP contribution >= 0.6 is 11.8 Å². The summed E-state index contributed by atoms with van der Waals surface area (Å²) in [7, 11) is 0. The van der Waals surface area contributed by atoms with Gasteiger partial charge in [0.2, 0.25) is 0 Å². The Labute approximate surface area is 120 Å². The quantitative estimate of drug-likeness (QED) is 0.813. The van der Waals surface area contributed by atoms with E-state index in [1.807, 2.05) is 0 Å². The Bertz CT molecular complexity index is 323. The normalized spacial score (nSPS) is 39.4. The lowest BCUT2D eigenvalue weighted by atomic mass is 9.86. The predicted octanol–water partition coefficient (Wildman–Crippen LogP) is 3.27. The van der Waals surface area contributed by atoms with E-state index in [9.17, 15) is 9.90 Å². The smallest absolute Gasteiger partial charge is 0.323 e. The van der Waals surface area contributed by atoms with Crippen LogP contribution in [0, 0.1) is 11.8 Å². The fourth-order valence-electron chi connectivity index (χ4n) is 3.69. The van der Waals surface area contributed by atoms with E-state index in [4.69, 9.17) is 5.73 Å². The minimum Gasteiger partial charge on any atom is -0.480 e. The molecule has 110 valence electrons. The van der Waals surface area contributed by atoms with Gasteiger partial charge in [-0.05, 0) is 49.7 Å².